The number of benzene rings is 1. The lowest BCUT2D eigenvalue weighted by Crippen LogP contribution is -2.34. The lowest BCUT2D eigenvalue weighted by molar-refractivity contribution is -0.385. The summed E-state index contributed by atoms with van der Waals surface area (Å²) in [4.78, 5) is 34.1. The maximum absolute atomic E-state index is 12.2. The molecule has 1 aromatic carbocycles. The van der Waals surface area contributed by atoms with Crippen molar-refractivity contribution in [2.45, 2.75) is 25.9 Å². The first kappa shape index (κ1) is 17.9. The summed E-state index contributed by atoms with van der Waals surface area (Å²) >= 11 is 3.36. The van der Waals surface area contributed by atoms with Gasteiger partial charge in [-0.25, -0.2) is 0 Å². The third-order valence-corrected chi connectivity index (χ3v) is 4.04. The Labute approximate surface area is 146 Å². The molecule has 0 aliphatic heterocycles. The van der Waals surface area contributed by atoms with E-state index in [0.29, 0.717) is 6.42 Å². The molecule has 1 N–H and O–H groups in total. The molecule has 0 bridgehead atoms. The van der Waals surface area contributed by atoms with E-state index in [9.17, 15) is 19.7 Å². The molecule has 0 saturated carbocycles. The van der Waals surface area contributed by atoms with E-state index in [2.05, 4.69) is 21.2 Å². The number of nitrogens with one attached hydrogen (secondary N) is 1. The van der Waals surface area contributed by atoms with Crippen LogP contribution >= 0.6 is 15.9 Å². The van der Waals surface area contributed by atoms with Crippen molar-refractivity contribution < 1.29 is 9.72 Å². The second-order valence-electron chi connectivity index (χ2n) is 5.19. The molecule has 2 aromatic rings. The molecule has 0 spiro atoms. The standard InChI is InChI=1S/C16H16BrN3O4/c1-2-14(11-3-5-12(17)6-4-11)18-15(21)10-19-9-13(20(23)24)7-8-16(19)22/h3-9,14H,2,10H2,1H3,(H,18,21)/t14-/m1/s1. The number of carbonyl (C=O) groups excluding carboxylic acids is 1. The van der Waals surface area contributed by atoms with Crippen LogP contribution in [0.4, 0.5) is 5.69 Å². The van der Waals surface area contributed by atoms with Crippen LogP contribution < -0.4 is 10.9 Å². The number of carbonyl (C=O) groups is 1. The fraction of sp³-hybridized carbons (Fsp3) is 0.250. The normalized spacial score (nSPS) is 11.8. The third kappa shape index (κ3) is 4.51. The molecule has 0 radical (unpaired) electrons. The summed E-state index contributed by atoms with van der Waals surface area (Å²) < 4.78 is 1.97. The van der Waals surface area contributed by atoms with Gasteiger partial charge in [-0.3, -0.25) is 24.3 Å². The minimum atomic E-state index is -0.607. The zero-order valence-corrected chi connectivity index (χ0v) is 14.5. The highest BCUT2D eigenvalue weighted by molar-refractivity contribution is 9.10. The Balaban J connectivity index is 2.12. The number of hydrogen-bond acceptors (Lipinski definition) is 4. The van der Waals surface area contributed by atoms with Crippen LogP contribution in [-0.4, -0.2) is 15.4 Å². The van der Waals surface area contributed by atoms with Crippen molar-refractivity contribution in [3.05, 3.63) is 73.1 Å². The van der Waals surface area contributed by atoms with E-state index in [1.165, 1.54) is 0 Å². The maximum atomic E-state index is 12.2. The summed E-state index contributed by atoms with van der Waals surface area (Å²) in [6.07, 6.45) is 1.75. The molecule has 1 aromatic heterocycles. The van der Waals surface area contributed by atoms with Gasteiger partial charge >= 0.3 is 0 Å². The molecule has 0 fully saturated rings. The lowest BCUT2D eigenvalue weighted by atomic mass is 10.0. The van der Waals surface area contributed by atoms with Crippen molar-refractivity contribution in [1.29, 1.82) is 0 Å². The molecule has 0 unspecified atom stereocenters. The molecule has 0 saturated heterocycles. The number of pyridine rings is 1. The quantitative estimate of drug-likeness (QED) is 0.602. The Morgan fingerprint density at radius 1 is 1.29 bits per heavy atom. The van der Waals surface area contributed by atoms with Gasteiger partial charge in [-0.15, -0.1) is 0 Å². The fourth-order valence-corrected chi connectivity index (χ4v) is 2.53. The number of nitro groups is 1. The van der Waals surface area contributed by atoms with Crippen molar-refractivity contribution in [1.82, 2.24) is 9.88 Å². The highest BCUT2D eigenvalue weighted by Gasteiger charge is 2.15. The SMILES string of the molecule is CC[C@@H](NC(=O)Cn1cc([N+](=O)[O-])ccc1=O)c1ccc(Br)cc1. The largest absolute Gasteiger partial charge is 0.348 e. The zero-order valence-electron chi connectivity index (χ0n) is 12.9. The molecular formula is C16H16BrN3O4. The number of halogens is 1. The topological polar surface area (TPSA) is 94.2 Å². The van der Waals surface area contributed by atoms with Gasteiger partial charge in [0.05, 0.1) is 17.2 Å². The summed E-state index contributed by atoms with van der Waals surface area (Å²) in [6.45, 7) is 1.67. The first-order chi connectivity index (χ1) is 11.4. The van der Waals surface area contributed by atoms with E-state index in [0.717, 1.165) is 32.9 Å². The molecule has 2 rings (SSSR count). The predicted octanol–water partition coefficient (Wildman–Crippen LogP) is 2.79. The van der Waals surface area contributed by atoms with Crippen molar-refractivity contribution in [3.8, 4) is 0 Å². The monoisotopic (exact) mass is 393 g/mol. The van der Waals surface area contributed by atoms with E-state index in [1.54, 1.807) is 0 Å². The van der Waals surface area contributed by atoms with Crippen LogP contribution in [0.1, 0.15) is 24.9 Å². The Hall–Kier alpha value is -2.48. The number of hydrogen-bond donors (Lipinski definition) is 1. The molecule has 1 atom stereocenters. The summed E-state index contributed by atoms with van der Waals surface area (Å²) in [7, 11) is 0. The van der Waals surface area contributed by atoms with Gasteiger partial charge in [-0.05, 0) is 24.1 Å². The lowest BCUT2D eigenvalue weighted by Gasteiger charge is -2.18. The second kappa shape index (κ2) is 7.87. The minimum absolute atomic E-state index is 0.194. The molecule has 7 nitrogen and oxygen atoms in total. The van der Waals surface area contributed by atoms with E-state index in [1.807, 2.05) is 31.2 Å². The van der Waals surface area contributed by atoms with E-state index < -0.39 is 10.5 Å². The summed E-state index contributed by atoms with van der Waals surface area (Å²) in [5.41, 5.74) is 0.246. The fourth-order valence-electron chi connectivity index (χ4n) is 2.26. The minimum Gasteiger partial charge on any atom is -0.348 e. The summed E-state index contributed by atoms with van der Waals surface area (Å²) in [6, 6.07) is 9.57. The van der Waals surface area contributed by atoms with Crippen molar-refractivity contribution >= 4 is 27.5 Å². The number of nitrogens with zero attached hydrogens (tertiary/aromatic N) is 2. The maximum Gasteiger partial charge on any atom is 0.285 e. The van der Waals surface area contributed by atoms with Gasteiger partial charge in [-0.2, -0.15) is 0 Å². The second-order valence-corrected chi connectivity index (χ2v) is 6.11. The van der Waals surface area contributed by atoms with Crippen LogP contribution in [0.15, 0.2) is 51.9 Å². The van der Waals surface area contributed by atoms with E-state index in [-0.39, 0.29) is 24.2 Å². The first-order valence-corrected chi connectivity index (χ1v) is 8.09. The van der Waals surface area contributed by atoms with Gasteiger partial charge in [0.1, 0.15) is 6.54 Å². The number of aromatic nitrogens is 1. The van der Waals surface area contributed by atoms with Crippen molar-refractivity contribution in [3.63, 3.8) is 0 Å². The smallest absolute Gasteiger partial charge is 0.285 e. The van der Waals surface area contributed by atoms with Gasteiger partial charge in [0.15, 0.2) is 0 Å². The van der Waals surface area contributed by atoms with Gasteiger partial charge in [-0.1, -0.05) is 35.0 Å². The van der Waals surface area contributed by atoms with Crippen LogP contribution in [0.5, 0.6) is 0 Å². The van der Waals surface area contributed by atoms with Gasteiger partial charge in [0, 0.05) is 16.6 Å². The molecule has 24 heavy (non-hydrogen) atoms. The number of rotatable bonds is 6. The Kier molecular flexibility index (Phi) is 5.86. The van der Waals surface area contributed by atoms with Gasteiger partial charge in [0.2, 0.25) is 5.91 Å². The average molecular weight is 394 g/mol. The van der Waals surface area contributed by atoms with Crippen LogP contribution in [0.3, 0.4) is 0 Å². The molecule has 126 valence electrons. The predicted molar refractivity (Wildman–Crippen MR) is 92.7 cm³/mol. The Morgan fingerprint density at radius 2 is 1.96 bits per heavy atom. The van der Waals surface area contributed by atoms with Crippen LogP contribution in [0, 0.1) is 10.1 Å². The third-order valence-electron chi connectivity index (χ3n) is 3.51. The van der Waals surface area contributed by atoms with Gasteiger partial charge in [0.25, 0.3) is 11.2 Å². The molecule has 8 heteroatoms. The molecule has 1 amide bonds. The summed E-state index contributed by atoms with van der Waals surface area (Å²) in [5.74, 6) is -0.382. The Bertz CT molecular complexity index is 802. The van der Waals surface area contributed by atoms with Crippen LogP contribution in [0.25, 0.3) is 0 Å². The van der Waals surface area contributed by atoms with E-state index in [4.69, 9.17) is 0 Å². The molecular weight excluding hydrogens is 378 g/mol. The van der Waals surface area contributed by atoms with Crippen molar-refractivity contribution in [2.75, 3.05) is 0 Å². The highest BCUT2D eigenvalue weighted by Crippen LogP contribution is 2.19. The van der Waals surface area contributed by atoms with Crippen LogP contribution in [-0.2, 0) is 11.3 Å². The summed E-state index contributed by atoms with van der Waals surface area (Å²) in [5, 5.41) is 13.6. The molecule has 1 heterocycles. The van der Waals surface area contributed by atoms with E-state index >= 15 is 0 Å². The van der Waals surface area contributed by atoms with Crippen LogP contribution in [0.2, 0.25) is 0 Å². The van der Waals surface area contributed by atoms with Gasteiger partial charge < -0.3 is 5.32 Å². The first-order valence-electron chi connectivity index (χ1n) is 7.30. The average Bonchev–Trinajstić information content (AvgIpc) is 2.55. The molecule has 0 aliphatic carbocycles. The Morgan fingerprint density at radius 3 is 2.54 bits per heavy atom. The molecule has 0 aliphatic rings. The van der Waals surface area contributed by atoms with Crippen molar-refractivity contribution in [2.24, 2.45) is 0 Å². The zero-order chi connectivity index (χ0) is 17.7. The number of amides is 1. The highest BCUT2D eigenvalue weighted by atomic mass is 79.9.